The van der Waals surface area contributed by atoms with Gasteiger partial charge in [0, 0.05) is 24.3 Å². The third kappa shape index (κ3) is 6.42. The van der Waals surface area contributed by atoms with E-state index in [-0.39, 0.29) is 11.3 Å². The summed E-state index contributed by atoms with van der Waals surface area (Å²) in [5, 5.41) is 11.9. The molecular formula is C30H38N4O2. The number of amides is 1. The standard InChI is InChI=1S/C30H38N4O2/c1-21-10-16-27(25(20-21)30(3,4)5)36-22(2)29(35)31-24-13-11-23(12-14-24)26-15-17-28(33-32-26)34-18-8-6-7-9-19-34/h10-17,20,22H,6-9,18-19H2,1-5H3,(H,31,35). The summed E-state index contributed by atoms with van der Waals surface area (Å²) in [6.45, 7) is 12.4. The second-order valence-electron chi connectivity index (χ2n) is 10.8. The van der Waals surface area contributed by atoms with Crippen molar-refractivity contribution in [2.24, 2.45) is 0 Å². The first-order valence-electron chi connectivity index (χ1n) is 13.0. The summed E-state index contributed by atoms with van der Waals surface area (Å²) in [5.41, 5.74) is 4.68. The molecule has 1 atom stereocenters. The van der Waals surface area contributed by atoms with Gasteiger partial charge in [-0.15, -0.1) is 10.2 Å². The molecule has 6 heteroatoms. The Morgan fingerprint density at radius 3 is 2.25 bits per heavy atom. The monoisotopic (exact) mass is 486 g/mol. The summed E-state index contributed by atoms with van der Waals surface area (Å²) in [4.78, 5) is 15.2. The Morgan fingerprint density at radius 1 is 0.944 bits per heavy atom. The highest BCUT2D eigenvalue weighted by Crippen LogP contribution is 2.33. The van der Waals surface area contributed by atoms with Crippen molar-refractivity contribution in [2.75, 3.05) is 23.3 Å². The number of nitrogens with zero attached hydrogens (tertiary/aromatic N) is 3. The summed E-state index contributed by atoms with van der Waals surface area (Å²) in [6, 6.07) is 17.8. The molecular weight excluding hydrogens is 448 g/mol. The molecule has 1 aliphatic rings. The maximum Gasteiger partial charge on any atom is 0.265 e. The van der Waals surface area contributed by atoms with Crippen LogP contribution in [0.5, 0.6) is 5.75 Å². The second-order valence-corrected chi connectivity index (χ2v) is 10.8. The summed E-state index contributed by atoms with van der Waals surface area (Å²) >= 11 is 0. The predicted molar refractivity (Wildman–Crippen MR) is 147 cm³/mol. The molecule has 2 aromatic carbocycles. The quantitative estimate of drug-likeness (QED) is 0.429. The Hall–Kier alpha value is -3.41. The molecule has 190 valence electrons. The van der Waals surface area contributed by atoms with Crippen molar-refractivity contribution >= 4 is 17.4 Å². The van der Waals surface area contributed by atoms with Crippen molar-refractivity contribution in [2.45, 2.75) is 71.8 Å². The first-order chi connectivity index (χ1) is 17.2. The Balaban J connectivity index is 1.38. The summed E-state index contributed by atoms with van der Waals surface area (Å²) in [7, 11) is 0. The molecule has 2 heterocycles. The van der Waals surface area contributed by atoms with Gasteiger partial charge >= 0.3 is 0 Å². The summed E-state index contributed by atoms with van der Waals surface area (Å²) < 4.78 is 6.09. The third-order valence-electron chi connectivity index (χ3n) is 6.64. The SMILES string of the molecule is Cc1ccc(OC(C)C(=O)Nc2ccc(-c3ccc(N4CCCCCC4)nn3)cc2)c(C(C)(C)C)c1. The van der Waals surface area contributed by atoms with Crippen LogP contribution in [0.4, 0.5) is 11.5 Å². The number of hydrogen-bond donors (Lipinski definition) is 1. The van der Waals surface area contributed by atoms with Gasteiger partial charge in [-0.2, -0.15) is 0 Å². The van der Waals surface area contributed by atoms with E-state index in [0.717, 1.165) is 41.5 Å². The molecule has 1 aliphatic heterocycles. The number of aryl methyl sites for hydroxylation is 1. The zero-order valence-corrected chi connectivity index (χ0v) is 22.2. The van der Waals surface area contributed by atoms with Crippen molar-refractivity contribution in [3.05, 3.63) is 65.7 Å². The predicted octanol–water partition coefficient (Wildman–Crippen LogP) is 6.54. The van der Waals surface area contributed by atoms with Crippen LogP contribution in [0.1, 0.15) is 64.5 Å². The van der Waals surface area contributed by atoms with Gasteiger partial charge in [0.15, 0.2) is 11.9 Å². The van der Waals surface area contributed by atoms with Gasteiger partial charge in [-0.25, -0.2) is 0 Å². The van der Waals surface area contributed by atoms with Crippen molar-refractivity contribution in [1.82, 2.24) is 10.2 Å². The number of ether oxygens (including phenoxy) is 1. The lowest BCUT2D eigenvalue weighted by Gasteiger charge is -2.25. The van der Waals surface area contributed by atoms with E-state index in [9.17, 15) is 4.79 Å². The molecule has 0 radical (unpaired) electrons. The Kier molecular flexibility index (Phi) is 7.92. The van der Waals surface area contributed by atoms with Crippen LogP contribution in [0.3, 0.4) is 0 Å². The lowest BCUT2D eigenvalue weighted by atomic mass is 9.85. The van der Waals surface area contributed by atoms with Crippen LogP contribution < -0.4 is 15.0 Å². The van der Waals surface area contributed by atoms with Crippen LogP contribution in [0.2, 0.25) is 0 Å². The van der Waals surface area contributed by atoms with Gasteiger partial charge in [0.25, 0.3) is 5.91 Å². The Bertz CT molecular complexity index is 1160. The fourth-order valence-corrected chi connectivity index (χ4v) is 4.49. The Morgan fingerprint density at radius 2 is 1.64 bits per heavy atom. The highest BCUT2D eigenvalue weighted by molar-refractivity contribution is 5.94. The van der Waals surface area contributed by atoms with E-state index >= 15 is 0 Å². The number of rotatable bonds is 6. The van der Waals surface area contributed by atoms with E-state index in [0.29, 0.717) is 5.69 Å². The van der Waals surface area contributed by atoms with Crippen LogP contribution in [-0.4, -0.2) is 35.3 Å². The highest BCUT2D eigenvalue weighted by atomic mass is 16.5. The molecule has 3 aromatic rings. The normalized spacial score (nSPS) is 15.2. The molecule has 36 heavy (non-hydrogen) atoms. The zero-order chi connectivity index (χ0) is 25.7. The minimum atomic E-state index is -0.633. The molecule has 0 saturated carbocycles. The van der Waals surface area contributed by atoms with Crippen molar-refractivity contribution < 1.29 is 9.53 Å². The fraction of sp³-hybridized carbons (Fsp3) is 0.433. The van der Waals surface area contributed by atoms with Gasteiger partial charge in [-0.1, -0.05) is 63.4 Å². The molecule has 4 rings (SSSR count). The molecule has 0 aliphatic carbocycles. The second kappa shape index (κ2) is 11.1. The molecule has 1 aromatic heterocycles. The van der Waals surface area contributed by atoms with E-state index < -0.39 is 6.10 Å². The van der Waals surface area contributed by atoms with Gasteiger partial charge in [-0.3, -0.25) is 4.79 Å². The Labute approximate surface area is 215 Å². The van der Waals surface area contributed by atoms with Crippen LogP contribution in [0.25, 0.3) is 11.3 Å². The molecule has 1 saturated heterocycles. The molecule has 1 N–H and O–H groups in total. The van der Waals surface area contributed by atoms with Crippen molar-refractivity contribution in [3.8, 4) is 17.0 Å². The van der Waals surface area contributed by atoms with E-state index in [1.807, 2.05) is 42.5 Å². The minimum Gasteiger partial charge on any atom is -0.481 e. The first-order valence-corrected chi connectivity index (χ1v) is 13.0. The molecule has 1 unspecified atom stereocenters. The number of hydrogen-bond acceptors (Lipinski definition) is 5. The smallest absolute Gasteiger partial charge is 0.265 e. The molecule has 6 nitrogen and oxygen atoms in total. The highest BCUT2D eigenvalue weighted by Gasteiger charge is 2.23. The van der Waals surface area contributed by atoms with Gasteiger partial charge in [0.2, 0.25) is 0 Å². The largest absolute Gasteiger partial charge is 0.481 e. The zero-order valence-electron chi connectivity index (χ0n) is 22.2. The fourth-order valence-electron chi connectivity index (χ4n) is 4.49. The van der Waals surface area contributed by atoms with Crippen LogP contribution in [0.15, 0.2) is 54.6 Å². The van der Waals surface area contributed by atoms with E-state index in [4.69, 9.17) is 4.74 Å². The van der Waals surface area contributed by atoms with Crippen LogP contribution >= 0.6 is 0 Å². The first kappa shape index (κ1) is 25.7. The molecule has 1 fully saturated rings. The van der Waals surface area contributed by atoms with Gasteiger partial charge in [-0.05, 0) is 68.0 Å². The van der Waals surface area contributed by atoms with Crippen LogP contribution in [0, 0.1) is 6.92 Å². The number of anilines is 2. The lowest BCUT2D eigenvalue weighted by molar-refractivity contribution is -0.122. The van der Waals surface area contributed by atoms with E-state index in [1.165, 1.54) is 31.2 Å². The number of carbonyl (C=O) groups is 1. The molecule has 0 bridgehead atoms. The van der Waals surface area contributed by atoms with Crippen LogP contribution in [-0.2, 0) is 10.2 Å². The lowest BCUT2D eigenvalue weighted by Crippen LogP contribution is -2.31. The molecule has 1 amide bonds. The number of aromatic nitrogens is 2. The van der Waals surface area contributed by atoms with E-state index in [2.05, 4.69) is 60.2 Å². The van der Waals surface area contributed by atoms with Crippen molar-refractivity contribution in [3.63, 3.8) is 0 Å². The maximum absolute atomic E-state index is 12.8. The van der Waals surface area contributed by atoms with E-state index in [1.54, 1.807) is 6.92 Å². The van der Waals surface area contributed by atoms with Gasteiger partial charge < -0.3 is 15.0 Å². The number of nitrogens with one attached hydrogen (secondary N) is 1. The maximum atomic E-state index is 12.8. The molecule has 0 spiro atoms. The topological polar surface area (TPSA) is 67.3 Å². The average molecular weight is 487 g/mol. The summed E-state index contributed by atoms with van der Waals surface area (Å²) in [6.07, 6.45) is 4.37. The summed E-state index contributed by atoms with van der Waals surface area (Å²) in [5.74, 6) is 1.50. The third-order valence-corrected chi connectivity index (χ3v) is 6.64. The number of benzene rings is 2. The van der Waals surface area contributed by atoms with Gasteiger partial charge in [0.05, 0.1) is 5.69 Å². The minimum absolute atomic E-state index is 0.0818. The van der Waals surface area contributed by atoms with Gasteiger partial charge in [0.1, 0.15) is 5.75 Å². The van der Waals surface area contributed by atoms with Crippen molar-refractivity contribution in [1.29, 1.82) is 0 Å². The average Bonchev–Trinajstić information content (AvgIpc) is 3.15. The number of carbonyl (C=O) groups excluding carboxylic acids is 1.